The van der Waals surface area contributed by atoms with E-state index in [9.17, 15) is 4.79 Å². The molecule has 90 valence electrons. The number of rotatable bonds is 5. The fourth-order valence-electron chi connectivity index (χ4n) is 1.42. The molecule has 1 amide bonds. The van der Waals surface area contributed by atoms with Crippen molar-refractivity contribution in [2.45, 2.75) is 20.3 Å². The van der Waals surface area contributed by atoms with Gasteiger partial charge < -0.3 is 15.7 Å². The summed E-state index contributed by atoms with van der Waals surface area (Å²) in [6.45, 7) is 4.96. The van der Waals surface area contributed by atoms with E-state index in [1.807, 2.05) is 6.92 Å². The van der Waals surface area contributed by atoms with Gasteiger partial charge in [0.25, 0.3) is 5.91 Å². The third-order valence-corrected chi connectivity index (χ3v) is 3.24. The fourth-order valence-corrected chi connectivity index (χ4v) is 2.23. The number of aliphatic hydroxyl groups excluding tert-OH is 1. The smallest absolute Gasteiger partial charge is 0.265 e. The van der Waals surface area contributed by atoms with Gasteiger partial charge in [-0.3, -0.25) is 4.79 Å². The number of carbonyl (C=O) groups is 1. The van der Waals surface area contributed by atoms with Crippen LogP contribution in [-0.4, -0.2) is 40.6 Å². The van der Waals surface area contributed by atoms with Crippen molar-refractivity contribution in [1.29, 1.82) is 0 Å². The number of nitrogens with two attached hydrogens (primary N) is 1. The molecule has 0 unspecified atom stereocenters. The number of thiazole rings is 1. The molecule has 0 aliphatic heterocycles. The Balaban J connectivity index is 2.78. The minimum atomic E-state index is -0.0531. The molecule has 1 rings (SSSR count). The molecule has 0 saturated carbocycles. The molecule has 0 saturated heterocycles. The predicted molar refractivity (Wildman–Crippen MR) is 64.5 cm³/mol. The summed E-state index contributed by atoms with van der Waals surface area (Å²) >= 11 is 1.21. The van der Waals surface area contributed by atoms with E-state index < -0.39 is 0 Å². The van der Waals surface area contributed by atoms with Gasteiger partial charge in [0.05, 0.1) is 5.69 Å². The second-order valence-corrected chi connectivity index (χ2v) is 4.46. The van der Waals surface area contributed by atoms with E-state index in [0.29, 0.717) is 35.2 Å². The van der Waals surface area contributed by atoms with Crippen molar-refractivity contribution >= 4 is 22.4 Å². The van der Waals surface area contributed by atoms with Gasteiger partial charge in [-0.25, -0.2) is 4.98 Å². The summed E-state index contributed by atoms with van der Waals surface area (Å²) in [5.74, 6) is -0.0531. The standard InChI is InChI=1S/C10H17N3O2S/c1-3-13(5-4-6-14)9(15)8-7(2)12-10(11)16-8/h14H,3-6H2,1-2H3,(H2,11,12). The first-order valence-electron chi connectivity index (χ1n) is 5.23. The average molecular weight is 243 g/mol. The third-order valence-electron chi connectivity index (χ3n) is 2.26. The third kappa shape index (κ3) is 2.93. The summed E-state index contributed by atoms with van der Waals surface area (Å²) < 4.78 is 0. The number of anilines is 1. The zero-order valence-electron chi connectivity index (χ0n) is 9.56. The molecule has 0 atom stereocenters. The molecule has 0 aliphatic rings. The van der Waals surface area contributed by atoms with Gasteiger partial charge in [0.15, 0.2) is 5.13 Å². The van der Waals surface area contributed by atoms with Crippen LogP contribution in [0.5, 0.6) is 0 Å². The highest BCUT2D eigenvalue weighted by Crippen LogP contribution is 2.21. The highest BCUT2D eigenvalue weighted by atomic mass is 32.1. The molecule has 1 aromatic heterocycles. The lowest BCUT2D eigenvalue weighted by Gasteiger charge is -2.19. The predicted octanol–water partition coefficient (Wildman–Crippen LogP) is 0.878. The molecular formula is C10H17N3O2S. The Labute approximate surface area is 98.9 Å². The summed E-state index contributed by atoms with van der Waals surface area (Å²) in [7, 11) is 0. The number of nitrogen functional groups attached to an aromatic ring is 1. The topological polar surface area (TPSA) is 79.5 Å². The largest absolute Gasteiger partial charge is 0.396 e. The van der Waals surface area contributed by atoms with Gasteiger partial charge in [-0.15, -0.1) is 0 Å². The van der Waals surface area contributed by atoms with Crippen molar-refractivity contribution in [2.24, 2.45) is 0 Å². The van der Waals surface area contributed by atoms with E-state index >= 15 is 0 Å². The monoisotopic (exact) mass is 243 g/mol. The van der Waals surface area contributed by atoms with Crippen LogP contribution in [0.15, 0.2) is 0 Å². The summed E-state index contributed by atoms with van der Waals surface area (Å²) in [5, 5.41) is 9.17. The van der Waals surface area contributed by atoms with Crippen LogP contribution >= 0.6 is 11.3 Å². The minimum absolute atomic E-state index is 0.0531. The molecule has 0 spiro atoms. The van der Waals surface area contributed by atoms with Gasteiger partial charge in [0, 0.05) is 19.7 Å². The lowest BCUT2D eigenvalue weighted by molar-refractivity contribution is 0.0758. The first kappa shape index (κ1) is 12.9. The number of amides is 1. The van der Waals surface area contributed by atoms with Crippen molar-refractivity contribution < 1.29 is 9.90 Å². The van der Waals surface area contributed by atoms with Crippen LogP contribution in [0.3, 0.4) is 0 Å². The van der Waals surface area contributed by atoms with Crippen LogP contribution in [0.4, 0.5) is 5.13 Å². The summed E-state index contributed by atoms with van der Waals surface area (Å²) in [5.41, 5.74) is 6.23. The molecule has 5 nitrogen and oxygen atoms in total. The highest BCUT2D eigenvalue weighted by molar-refractivity contribution is 7.17. The number of aliphatic hydroxyl groups is 1. The Morgan fingerprint density at radius 2 is 2.31 bits per heavy atom. The molecule has 0 aromatic carbocycles. The van der Waals surface area contributed by atoms with E-state index in [1.165, 1.54) is 11.3 Å². The van der Waals surface area contributed by atoms with Crippen LogP contribution in [0, 0.1) is 6.92 Å². The van der Waals surface area contributed by atoms with E-state index in [4.69, 9.17) is 10.8 Å². The second-order valence-electron chi connectivity index (χ2n) is 3.43. The van der Waals surface area contributed by atoms with Gasteiger partial charge >= 0.3 is 0 Å². The lowest BCUT2D eigenvalue weighted by atomic mass is 10.3. The Hall–Kier alpha value is -1.14. The van der Waals surface area contributed by atoms with Crippen LogP contribution < -0.4 is 5.73 Å². The molecular weight excluding hydrogens is 226 g/mol. The molecule has 0 fully saturated rings. The molecule has 16 heavy (non-hydrogen) atoms. The van der Waals surface area contributed by atoms with Gasteiger partial charge in [0.2, 0.25) is 0 Å². The first-order chi connectivity index (χ1) is 7.60. The number of hydrogen-bond acceptors (Lipinski definition) is 5. The maximum Gasteiger partial charge on any atom is 0.265 e. The van der Waals surface area contributed by atoms with Crippen molar-refractivity contribution in [3.8, 4) is 0 Å². The van der Waals surface area contributed by atoms with Crippen LogP contribution in [-0.2, 0) is 0 Å². The summed E-state index contributed by atoms with van der Waals surface area (Å²) in [6, 6.07) is 0. The zero-order valence-corrected chi connectivity index (χ0v) is 10.4. The van der Waals surface area contributed by atoms with Gasteiger partial charge in [-0.1, -0.05) is 11.3 Å². The molecule has 0 bridgehead atoms. The Morgan fingerprint density at radius 1 is 1.62 bits per heavy atom. The number of carbonyl (C=O) groups excluding carboxylic acids is 1. The van der Waals surface area contributed by atoms with Crippen LogP contribution in [0.2, 0.25) is 0 Å². The summed E-state index contributed by atoms with van der Waals surface area (Å²) in [4.78, 5) is 18.4. The van der Waals surface area contributed by atoms with Gasteiger partial charge in [-0.2, -0.15) is 0 Å². The quantitative estimate of drug-likeness (QED) is 0.804. The van der Waals surface area contributed by atoms with Gasteiger partial charge in [-0.05, 0) is 20.3 Å². The van der Waals surface area contributed by atoms with Crippen LogP contribution in [0.25, 0.3) is 0 Å². The van der Waals surface area contributed by atoms with Gasteiger partial charge in [0.1, 0.15) is 4.88 Å². The molecule has 1 heterocycles. The number of nitrogens with zero attached hydrogens (tertiary/aromatic N) is 2. The molecule has 6 heteroatoms. The zero-order chi connectivity index (χ0) is 12.1. The maximum atomic E-state index is 12.1. The number of aryl methyl sites for hydroxylation is 1. The SMILES string of the molecule is CCN(CCCO)C(=O)c1sc(N)nc1C. The maximum absolute atomic E-state index is 12.1. The fraction of sp³-hybridized carbons (Fsp3) is 0.600. The lowest BCUT2D eigenvalue weighted by Crippen LogP contribution is -2.32. The number of aromatic nitrogens is 1. The molecule has 0 radical (unpaired) electrons. The Kier molecular flexibility index (Phi) is 4.70. The molecule has 0 aliphatic carbocycles. The van der Waals surface area contributed by atoms with E-state index in [-0.39, 0.29) is 12.5 Å². The van der Waals surface area contributed by atoms with E-state index in [2.05, 4.69) is 4.98 Å². The van der Waals surface area contributed by atoms with E-state index in [1.54, 1.807) is 11.8 Å². The normalized spacial score (nSPS) is 10.4. The highest BCUT2D eigenvalue weighted by Gasteiger charge is 2.19. The minimum Gasteiger partial charge on any atom is -0.396 e. The molecule has 1 aromatic rings. The molecule has 3 N–H and O–H groups in total. The second kappa shape index (κ2) is 5.81. The number of hydrogen-bond donors (Lipinski definition) is 2. The first-order valence-corrected chi connectivity index (χ1v) is 6.04. The van der Waals surface area contributed by atoms with Crippen molar-refractivity contribution in [3.63, 3.8) is 0 Å². The Morgan fingerprint density at radius 3 is 2.75 bits per heavy atom. The average Bonchev–Trinajstić information content (AvgIpc) is 2.58. The summed E-state index contributed by atoms with van der Waals surface area (Å²) in [6.07, 6.45) is 0.590. The van der Waals surface area contributed by atoms with E-state index in [0.717, 1.165) is 0 Å². The van der Waals surface area contributed by atoms with Crippen LogP contribution in [0.1, 0.15) is 28.7 Å². The van der Waals surface area contributed by atoms with Crippen molar-refractivity contribution in [1.82, 2.24) is 9.88 Å². The van der Waals surface area contributed by atoms with Crippen molar-refractivity contribution in [3.05, 3.63) is 10.6 Å². The van der Waals surface area contributed by atoms with Crippen molar-refractivity contribution in [2.75, 3.05) is 25.4 Å². The Bertz CT molecular complexity index is 365.